The van der Waals surface area contributed by atoms with Crippen molar-refractivity contribution >= 4 is 23.0 Å². The van der Waals surface area contributed by atoms with E-state index in [0.29, 0.717) is 5.39 Å². The number of anilines is 1. The van der Waals surface area contributed by atoms with Crippen LogP contribution >= 0.6 is 0 Å². The molecule has 0 fully saturated rings. The molecule has 2 aromatic rings. The predicted octanol–water partition coefficient (Wildman–Crippen LogP) is 0.592. The fraction of sp³-hybridized carbons (Fsp3) is 0.125. The second kappa shape index (κ2) is 2.99. The van der Waals surface area contributed by atoms with Gasteiger partial charge < -0.3 is 14.9 Å². The minimum atomic E-state index is -0.554. The number of methoxy groups -OCH3 is 1. The maximum atomic E-state index is 11.1. The number of nitrogens with two attached hydrogens (primary N) is 1. The average molecular weight is 193 g/mol. The summed E-state index contributed by atoms with van der Waals surface area (Å²) < 4.78 is 9.58. The van der Waals surface area contributed by atoms with Crippen LogP contribution in [0.25, 0.3) is 11.1 Å². The van der Waals surface area contributed by atoms with Gasteiger partial charge in [0.1, 0.15) is 0 Å². The molecule has 6 heteroatoms. The Kier molecular flexibility index (Phi) is 1.81. The molecule has 0 spiro atoms. The van der Waals surface area contributed by atoms with Gasteiger partial charge in [-0.2, -0.15) is 4.98 Å². The molecule has 2 rings (SSSR count). The molecule has 0 saturated heterocycles. The molecule has 2 aromatic heterocycles. The van der Waals surface area contributed by atoms with E-state index < -0.39 is 5.97 Å². The zero-order valence-corrected chi connectivity index (χ0v) is 7.35. The molecule has 6 nitrogen and oxygen atoms in total. The molecular formula is C8H7N3O3. The highest BCUT2D eigenvalue weighted by Crippen LogP contribution is 2.17. The van der Waals surface area contributed by atoms with Crippen LogP contribution in [0.15, 0.2) is 16.7 Å². The van der Waals surface area contributed by atoms with Crippen molar-refractivity contribution in [3.63, 3.8) is 0 Å². The van der Waals surface area contributed by atoms with Gasteiger partial charge in [0.05, 0.1) is 12.5 Å². The molecule has 0 saturated carbocycles. The quantitative estimate of drug-likeness (QED) is 0.666. The van der Waals surface area contributed by atoms with Crippen molar-refractivity contribution in [1.82, 2.24) is 9.97 Å². The van der Waals surface area contributed by atoms with Crippen molar-refractivity contribution in [2.45, 2.75) is 0 Å². The topological polar surface area (TPSA) is 91.2 Å². The summed E-state index contributed by atoms with van der Waals surface area (Å²) in [5.74, 6) is -0.368. The monoisotopic (exact) mass is 193 g/mol. The van der Waals surface area contributed by atoms with E-state index in [1.165, 1.54) is 19.4 Å². The fourth-order valence-corrected chi connectivity index (χ4v) is 1.05. The standard InChI is InChI=1S/C8H7N3O3/c1-13-7(12)5-2-4-3-10-8(9)11-6(4)14-5/h2-3H,1H3,(H2,9,10,11). The number of ether oxygens (including phenoxy) is 1. The van der Waals surface area contributed by atoms with Gasteiger partial charge >= 0.3 is 5.97 Å². The van der Waals surface area contributed by atoms with Gasteiger partial charge in [0.15, 0.2) is 0 Å². The second-order valence-electron chi connectivity index (χ2n) is 2.59. The maximum absolute atomic E-state index is 11.1. The number of nitrogens with zero attached hydrogens (tertiary/aromatic N) is 2. The molecule has 0 atom stereocenters. The molecule has 14 heavy (non-hydrogen) atoms. The van der Waals surface area contributed by atoms with Gasteiger partial charge in [-0.15, -0.1) is 0 Å². The molecule has 0 aromatic carbocycles. The van der Waals surface area contributed by atoms with Crippen molar-refractivity contribution in [3.05, 3.63) is 18.0 Å². The lowest BCUT2D eigenvalue weighted by Crippen LogP contribution is -1.97. The van der Waals surface area contributed by atoms with Gasteiger partial charge in [-0.1, -0.05) is 0 Å². The summed E-state index contributed by atoms with van der Waals surface area (Å²) in [5, 5.41) is 0.611. The molecule has 0 amide bonds. The van der Waals surface area contributed by atoms with Gasteiger partial charge in [0.25, 0.3) is 0 Å². The third kappa shape index (κ3) is 1.26. The van der Waals surface area contributed by atoms with E-state index >= 15 is 0 Å². The molecule has 0 unspecified atom stereocenters. The summed E-state index contributed by atoms with van der Waals surface area (Å²) >= 11 is 0. The van der Waals surface area contributed by atoms with Crippen molar-refractivity contribution < 1.29 is 13.9 Å². The second-order valence-corrected chi connectivity index (χ2v) is 2.59. The number of furan rings is 1. The van der Waals surface area contributed by atoms with Gasteiger partial charge in [-0.25, -0.2) is 9.78 Å². The number of fused-ring (bicyclic) bond motifs is 1. The summed E-state index contributed by atoms with van der Waals surface area (Å²) in [6.45, 7) is 0. The molecule has 0 aliphatic rings. The maximum Gasteiger partial charge on any atom is 0.374 e. The lowest BCUT2D eigenvalue weighted by atomic mass is 10.4. The highest BCUT2D eigenvalue weighted by Gasteiger charge is 2.13. The van der Waals surface area contributed by atoms with E-state index in [1.807, 2.05) is 0 Å². The predicted molar refractivity (Wildman–Crippen MR) is 47.6 cm³/mol. The Hall–Kier alpha value is -2.11. The first-order valence-electron chi connectivity index (χ1n) is 3.81. The Balaban J connectivity index is 2.56. The molecular weight excluding hydrogens is 186 g/mol. The summed E-state index contributed by atoms with van der Waals surface area (Å²) in [5.41, 5.74) is 5.62. The summed E-state index contributed by atoms with van der Waals surface area (Å²) in [6, 6.07) is 1.50. The summed E-state index contributed by atoms with van der Waals surface area (Å²) in [6.07, 6.45) is 1.48. The molecule has 2 heterocycles. The smallest absolute Gasteiger partial charge is 0.374 e. The first-order chi connectivity index (χ1) is 6.70. The van der Waals surface area contributed by atoms with Crippen LogP contribution < -0.4 is 5.73 Å². The van der Waals surface area contributed by atoms with Crippen LogP contribution in [0.4, 0.5) is 5.95 Å². The highest BCUT2D eigenvalue weighted by molar-refractivity contribution is 5.91. The number of hydrogen-bond donors (Lipinski definition) is 1. The van der Waals surface area contributed by atoms with Crippen LogP contribution in [0.3, 0.4) is 0 Å². The average Bonchev–Trinajstić information content (AvgIpc) is 2.59. The van der Waals surface area contributed by atoms with Crippen molar-refractivity contribution in [2.75, 3.05) is 12.8 Å². The van der Waals surface area contributed by atoms with Gasteiger partial charge in [0.2, 0.25) is 17.4 Å². The number of hydrogen-bond acceptors (Lipinski definition) is 6. The largest absolute Gasteiger partial charge is 0.463 e. The Morgan fingerprint density at radius 3 is 3.14 bits per heavy atom. The van der Waals surface area contributed by atoms with Crippen LogP contribution in [0.1, 0.15) is 10.6 Å². The first-order valence-corrected chi connectivity index (χ1v) is 3.81. The van der Waals surface area contributed by atoms with Gasteiger partial charge in [0, 0.05) is 12.3 Å². The lowest BCUT2D eigenvalue weighted by Gasteiger charge is -1.90. The Morgan fingerprint density at radius 2 is 2.43 bits per heavy atom. The lowest BCUT2D eigenvalue weighted by molar-refractivity contribution is 0.0567. The molecule has 2 N–H and O–H groups in total. The van der Waals surface area contributed by atoms with Gasteiger partial charge in [-0.05, 0) is 0 Å². The Labute approximate surface area is 78.7 Å². The Morgan fingerprint density at radius 1 is 1.64 bits per heavy atom. The van der Waals surface area contributed by atoms with E-state index in [0.717, 1.165) is 0 Å². The van der Waals surface area contributed by atoms with Gasteiger partial charge in [-0.3, -0.25) is 0 Å². The third-order valence-corrected chi connectivity index (χ3v) is 1.68. The van der Waals surface area contributed by atoms with Crippen molar-refractivity contribution in [1.29, 1.82) is 0 Å². The molecule has 0 radical (unpaired) electrons. The third-order valence-electron chi connectivity index (χ3n) is 1.68. The minimum Gasteiger partial charge on any atom is -0.463 e. The number of carbonyl (C=O) groups is 1. The molecule has 0 bridgehead atoms. The fourth-order valence-electron chi connectivity index (χ4n) is 1.05. The van der Waals surface area contributed by atoms with Crippen LogP contribution in [-0.4, -0.2) is 23.0 Å². The van der Waals surface area contributed by atoms with Crippen LogP contribution in [0, 0.1) is 0 Å². The highest BCUT2D eigenvalue weighted by atomic mass is 16.5. The normalized spacial score (nSPS) is 10.4. The van der Waals surface area contributed by atoms with E-state index in [2.05, 4.69) is 14.7 Å². The number of esters is 1. The summed E-state index contributed by atoms with van der Waals surface area (Å²) in [4.78, 5) is 18.6. The molecule has 0 aliphatic carbocycles. The number of rotatable bonds is 1. The zero-order chi connectivity index (χ0) is 10.1. The van der Waals surface area contributed by atoms with Crippen molar-refractivity contribution in [2.24, 2.45) is 0 Å². The number of carbonyl (C=O) groups excluding carboxylic acids is 1. The van der Waals surface area contributed by atoms with Crippen LogP contribution in [-0.2, 0) is 4.74 Å². The van der Waals surface area contributed by atoms with E-state index in [9.17, 15) is 4.79 Å². The minimum absolute atomic E-state index is 0.0856. The zero-order valence-electron chi connectivity index (χ0n) is 7.35. The first kappa shape index (κ1) is 8.49. The number of aromatic nitrogens is 2. The van der Waals surface area contributed by atoms with E-state index in [-0.39, 0.29) is 17.4 Å². The molecule has 72 valence electrons. The van der Waals surface area contributed by atoms with Crippen molar-refractivity contribution in [3.8, 4) is 0 Å². The van der Waals surface area contributed by atoms with Crippen LogP contribution in [0.5, 0.6) is 0 Å². The van der Waals surface area contributed by atoms with E-state index in [4.69, 9.17) is 10.2 Å². The number of nitrogen functional groups attached to an aromatic ring is 1. The molecule has 0 aliphatic heterocycles. The van der Waals surface area contributed by atoms with E-state index in [1.54, 1.807) is 0 Å². The van der Waals surface area contributed by atoms with Crippen LogP contribution in [0.2, 0.25) is 0 Å². The Bertz CT molecular complexity index is 492. The SMILES string of the molecule is COC(=O)c1cc2cnc(N)nc2o1. The summed E-state index contributed by atoms with van der Waals surface area (Å²) in [7, 11) is 1.27.